The number of thiophene rings is 1. The zero-order valence-electron chi connectivity index (χ0n) is 9.24. The Kier molecular flexibility index (Phi) is 2.48. The lowest BCUT2D eigenvalue weighted by molar-refractivity contribution is -0.928. The molecule has 3 N–H and O–H groups in total. The van der Waals surface area contributed by atoms with E-state index < -0.39 is 0 Å². The number of nitrogens with two attached hydrogens (primary N) is 1. The molecule has 0 aromatic carbocycles. The lowest BCUT2D eigenvalue weighted by atomic mass is 9.96. The predicted molar refractivity (Wildman–Crippen MR) is 63.4 cm³/mol. The summed E-state index contributed by atoms with van der Waals surface area (Å²) in [5, 5.41) is 2.19. The van der Waals surface area contributed by atoms with E-state index in [9.17, 15) is 4.79 Å². The molecule has 1 aliphatic carbocycles. The Morgan fingerprint density at radius 1 is 1.56 bits per heavy atom. The third-order valence-electron chi connectivity index (χ3n) is 3.72. The third-order valence-corrected chi connectivity index (χ3v) is 4.72. The van der Waals surface area contributed by atoms with E-state index in [1.54, 1.807) is 0 Å². The Bertz CT molecular complexity index is 411. The van der Waals surface area contributed by atoms with Gasteiger partial charge in [0.1, 0.15) is 6.04 Å². The van der Waals surface area contributed by atoms with Crippen molar-refractivity contribution < 1.29 is 9.69 Å². The van der Waals surface area contributed by atoms with Crippen molar-refractivity contribution in [1.82, 2.24) is 0 Å². The molecule has 0 spiro atoms. The van der Waals surface area contributed by atoms with Crippen LogP contribution in [-0.2, 0) is 11.2 Å². The summed E-state index contributed by atoms with van der Waals surface area (Å²) in [5.41, 5.74) is 6.84. The molecule has 1 saturated carbocycles. The Labute approximate surface area is 99.2 Å². The minimum Gasteiger partial charge on any atom is -0.365 e. The molecule has 86 valence electrons. The van der Waals surface area contributed by atoms with E-state index in [4.69, 9.17) is 5.73 Å². The average Bonchev–Trinajstić information content (AvgIpc) is 2.94. The van der Waals surface area contributed by atoms with E-state index in [1.165, 1.54) is 28.2 Å². The number of fused-ring (bicyclic) bond motifs is 1. The van der Waals surface area contributed by atoms with Gasteiger partial charge in [-0.15, -0.1) is 11.3 Å². The first-order chi connectivity index (χ1) is 7.75. The first kappa shape index (κ1) is 10.3. The average molecular weight is 237 g/mol. The van der Waals surface area contributed by atoms with Crippen molar-refractivity contribution in [3.05, 3.63) is 21.9 Å². The van der Waals surface area contributed by atoms with Crippen molar-refractivity contribution in [2.45, 2.75) is 25.3 Å². The van der Waals surface area contributed by atoms with Crippen LogP contribution < -0.4 is 10.6 Å². The smallest absolute Gasteiger partial charge is 0.272 e. The lowest BCUT2D eigenvalue weighted by Crippen LogP contribution is -3.14. The molecule has 0 saturated heterocycles. The van der Waals surface area contributed by atoms with Gasteiger partial charge in [-0.1, -0.05) is 0 Å². The van der Waals surface area contributed by atoms with Crippen molar-refractivity contribution in [2.75, 3.05) is 13.1 Å². The van der Waals surface area contributed by atoms with Crippen LogP contribution in [0.4, 0.5) is 0 Å². The highest BCUT2D eigenvalue weighted by Gasteiger charge is 2.43. The maximum atomic E-state index is 11.1. The van der Waals surface area contributed by atoms with Gasteiger partial charge in [0.15, 0.2) is 6.54 Å². The summed E-state index contributed by atoms with van der Waals surface area (Å²) in [7, 11) is 0. The summed E-state index contributed by atoms with van der Waals surface area (Å²) < 4.78 is 0. The van der Waals surface area contributed by atoms with Crippen LogP contribution in [0.15, 0.2) is 11.4 Å². The molecule has 2 aliphatic rings. The number of primary amides is 1. The summed E-state index contributed by atoms with van der Waals surface area (Å²) in [6, 6.07) is 2.80. The molecular formula is C12H17N2OS+. The van der Waals surface area contributed by atoms with Gasteiger partial charge in [0.05, 0.1) is 6.54 Å². The van der Waals surface area contributed by atoms with Gasteiger partial charge in [0.25, 0.3) is 5.91 Å². The number of hydrogen-bond acceptors (Lipinski definition) is 2. The van der Waals surface area contributed by atoms with E-state index in [2.05, 4.69) is 11.4 Å². The quantitative estimate of drug-likeness (QED) is 0.771. The molecule has 3 nitrogen and oxygen atoms in total. The van der Waals surface area contributed by atoms with Gasteiger partial charge in [-0.05, 0) is 24.3 Å². The molecule has 2 atom stereocenters. The summed E-state index contributed by atoms with van der Waals surface area (Å²) in [6.07, 6.45) is 3.75. The number of nitrogens with one attached hydrogen (secondary N) is 1. The zero-order chi connectivity index (χ0) is 11.1. The predicted octanol–water partition coefficient (Wildman–Crippen LogP) is 0.126. The number of quaternary nitrogens is 1. The molecule has 16 heavy (non-hydrogen) atoms. The summed E-state index contributed by atoms with van der Waals surface area (Å²) in [5.74, 6) is 0.627. The fourth-order valence-corrected chi connectivity index (χ4v) is 3.85. The summed E-state index contributed by atoms with van der Waals surface area (Å²) in [4.78, 5) is 14.0. The minimum atomic E-state index is -0.167. The highest BCUT2D eigenvalue weighted by Crippen LogP contribution is 2.42. The molecule has 1 fully saturated rings. The number of rotatable bonds is 3. The summed E-state index contributed by atoms with van der Waals surface area (Å²) >= 11 is 1.87. The fourth-order valence-electron chi connectivity index (χ4n) is 2.92. The van der Waals surface area contributed by atoms with Crippen LogP contribution in [0.1, 0.15) is 29.3 Å². The van der Waals surface area contributed by atoms with Gasteiger partial charge < -0.3 is 10.6 Å². The number of carbonyl (C=O) groups excluding carboxylic acids is 1. The molecule has 3 rings (SSSR count). The lowest BCUT2D eigenvalue weighted by Gasteiger charge is -2.32. The van der Waals surface area contributed by atoms with Gasteiger partial charge in [0, 0.05) is 22.8 Å². The van der Waals surface area contributed by atoms with E-state index in [-0.39, 0.29) is 5.91 Å². The van der Waals surface area contributed by atoms with Crippen LogP contribution in [0.2, 0.25) is 0 Å². The molecule has 1 aliphatic heterocycles. The normalized spacial score (nSPS) is 28.8. The van der Waals surface area contributed by atoms with Crippen molar-refractivity contribution in [3.63, 3.8) is 0 Å². The van der Waals surface area contributed by atoms with Gasteiger partial charge >= 0.3 is 0 Å². The molecule has 1 aromatic heterocycles. The van der Waals surface area contributed by atoms with Crippen LogP contribution in [-0.4, -0.2) is 19.0 Å². The minimum absolute atomic E-state index is 0.167. The Balaban J connectivity index is 1.88. The van der Waals surface area contributed by atoms with Crippen LogP contribution in [0, 0.1) is 5.92 Å². The standard InChI is InChI=1S/C12H16N2OS/c13-11(15)7-14-5-3-10-9(4-6-16-10)12(14)8-1-2-8/h4,6,8,12H,1-3,5,7H2,(H2,13,15)/p+1/t12-/m1/s1. The molecule has 4 heteroatoms. The van der Waals surface area contributed by atoms with E-state index in [0.717, 1.165) is 18.9 Å². The fraction of sp³-hybridized carbons (Fsp3) is 0.583. The summed E-state index contributed by atoms with van der Waals surface area (Å²) in [6.45, 7) is 1.56. The van der Waals surface area contributed by atoms with E-state index in [1.807, 2.05) is 11.3 Å². The molecule has 0 bridgehead atoms. The Morgan fingerprint density at radius 3 is 3.06 bits per heavy atom. The SMILES string of the molecule is NC(=O)C[NH+]1CCc2sccc2[C@H]1C1CC1. The first-order valence-electron chi connectivity index (χ1n) is 5.95. The highest BCUT2D eigenvalue weighted by atomic mass is 32.1. The number of hydrogen-bond donors (Lipinski definition) is 2. The van der Waals surface area contributed by atoms with Crippen LogP contribution >= 0.6 is 11.3 Å². The van der Waals surface area contributed by atoms with Crippen LogP contribution in [0.25, 0.3) is 0 Å². The number of carbonyl (C=O) groups is 1. The van der Waals surface area contributed by atoms with Crippen molar-refractivity contribution in [1.29, 1.82) is 0 Å². The molecule has 2 heterocycles. The van der Waals surface area contributed by atoms with E-state index in [0.29, 0.717) is 12.6 Å². The van der Waals surface area contributed by atoms with Crippen LogP contribution in [0.3, 0.4) is 0 Å². The zero-order valence-corrected chi connectivity index (χ0v) is 10.1. The maximum Gasteiger partial charge on any atom is 0.272 e. The molecule has 0 radical (unpaired) electrons. The largest absolute Gasteiger partial charge is 0.365 e. The second-order valence-corrected chi connectivity index (χ2v) is 5.92. The topological polar surface area (TPSA) is 47.5 Å². The maximum absolute atomic E-state index is 11.1. The molecule has 1 unspecified atom stereocenters. The van der Waals surface area contributed by atoms with Gasteiger partial charge in [0.2, 0.25) is 0 Å². The molecular weight excluding hydrogens is 220 g/mol. The second-order valence-electron chi connectivity index (χ2n) is 4.92. The molecule has 1 aromatic rings. The van der Waals surface area contributed by atoms with Crippen molar-refractivity contribution in [3.8, 4) is 0 Å². The highest BCUT2D eigenvalue weighted by molar-refractivity contribution is 7.10. The van der Waals surface area contributed by atoms with Crippen molar-refractivity contribution >= 4 is 17.2 Å². The number of amides is 1. The Hall–Kier alpha value is -0.870. The molecule has 1 amide bonds. The van der Waals surface area contributed by atoms with Gasteiger partial charge in [-0.2, -0.15) is 0 Å². The van der Waals surface area contributed by atoms with Gasteiger partial charge in [-0.3, -0.25) is 4.79 Å². The Morgan fingerprint density at radius 2 is 2.38 bits per heavy atom. The monoisotopic (exact) mass is 237 g/mol. The van der Waals surface area contributed by atoms with Gasteiger partial charge in [-0.25, -0.2) is 0 Å². The first-order valence-corrected chi connectivity index (χ1v) is 6.83. The van der Waals surface area contributed by atoms with E-state index >= 15 is 0 Å². The second kappa shape index (κ2) is 3.86. The van der Waals surface area contributed by atoms with Crippen molar-refractivity contribution in [2.24, 2.45) is 11.7 Å². The third kappa shape index (κ3) is 1.76. The van der Waals surface area contributed by atoms with Crippen LogP contribution in [0.5, 0.6) is 0 Å².